The number of aromatic nitrogens is 4. The Hall–Kier alpha value is -2.32. The summed E-state index contributed by atoms with van der Waals surface area (Å²) in [5.74, 6) is 0.381. The van der Waals surface area contributed by atoms with E-state index in [-0.39, 0.29) is 12.6 Å². The maximum absolute atomic E-state index is 12.6. The number of hydrogen-bond donors (Lipinski definition) is 0. The number of nitrogens with zero attached hydrogens (tertiary/aromatic N) is 5. The maximum atomic E-state index is 12.6. The van der Waals surface area contributed by atoms with Gasteiger partial charge in [0.1, 0.15) is 5.75 Å². The molecule has 2 aromatic heterocycles. The highest BCUT2D eigenvalue weighted by Gasteiger charge is 2.17. The van der Waals surface area contributed by atoms with E-state index in [1.807, 2.05) is 26.2 Å². The van der Waals surface area contributed by atoms with Crippen LogP contribution in [-0.4, -0.2) is 37.4 Å². The van der Waals surface area contributed by atoms with Crippen LogP contribution in [0, 0.1) is 6.92 Å². The van der Waals surface area contributed by atoms with Crippen LogP contribution in [0.2, 0.25) is 5.02 Å². The zero-order valence-electron chi connectivity index (χ0n) is 15.2. The first-order valence-corrected chi connectivity index (χ1v) is 9.36. The molecule has 0 N–H and O–H groups in total. The summed E-state index contributed by atoms with van der Waals surface area (Å²) in [6.07, 6.45) is 3.61. The highest BCUT2D eigenvalue weighted by atomic mass is 79.9. The summed E-state index contributed by atoms with van der Waals surface area (Å²) in [6, 6.07) is 7.03. The number of carbonyl (C=O) groups is 1. The zero-order valence-corrected chi connectivity index (χ0v) is 17.5. The van der Waals surface area contributed by atoms with Crippen molar-refractivity contribution in [3.8, 4) is 5.75 Å². The van der Waals surface area contributed by atoms with Crippen molar-refractivity contribution in [2.45, 2.75) is 20.2 Å². The lowest BCUT2D eigenvalue weighted by Gasteiger charge is -2.15. The molecule has 0 saturated carbocycles. The van der Waals surface area contributed by atoms with E-state index in [2.05, 4.69) is 26.1 Å². The van der Waals surface area contributed by atoms with E-state index < -0.39 is 0 Å². The first kappa shape index (κ1) is 19.4. The van der Waals surface area contributed by atoms with E-state index in [1.165, 1.54) is 0 Å². The first-order chi connectivity index (χ1) is 12.8. The van der Waals surface area contributed by atoms with Crippen molar-refractivity contribution >= 4 is 33.4 Å². The Morgan fingerprint density at radius 2 is 2.11 bits per heavy atom. The van der Waals surface area contributed by atoms with Gasteiger partial charge in [-0.2, -0.15) is 10.2 Å². The third kappa shape index (κ3) is 4.70. The molecule has 0 saturated heterocycles. The molecule has 1 amide bonds. The highest BCUT2D eigenvalue weighted by Crippen LogP contribution is 2.27. The first-order valence-electron chi connectivity index (χ1n) is 8.19. The van der Waals surface area contributed by atoms with Crippen molar-refractivity contribution in [3.63, 3.8) is 0 Å². The van der Waals surface area contributed by atoms with Crippen molar-refractivity contribution < 1.29 is 9.53 Å². The Morgan fingerprint density at radius 1 is 1.33 bits per heavy atom. The van der Waals surface area contributed by atoms with E-state index in [4.69, 9.17) is 16.3 Å². The van der Waals surface area contributed by atoms with Gasteiger partial charge in [-0.15, -0.1) is 0 Å². The van der Waals surface area contributed by atoms with Crippen molar-refractivity contribution in [2.75, 3.05) is 7.05 Å². The Kier molecular flexibility index (Phi) is 5.86. The van der Waals surface area contributed by atoms with Crippen LogP contribution < -0.4 is 4.74 Å². The number of rotatable bonds is 6. The fourth-order valence-corrected chi connectivity index (χ4v) is 3.33. The molecule has 0 aliphatic carbocycles. The Bertz CT molecular complexity index is 969. The van der Waals surface area contributed by atoms with Crippen molar-refractivity contribution in [1.29, 1.82) is 0 Å². The number of halogens is 2. The van der Waals surface area contributed by atoms with Gasteiger partial charge in [-0.3, -0.25) is 9.48 Å². The molecule has 9 heteroatoms. The molecule has 0 radical (unpaired) electrons. The van der Waals surface area contributed by atoms with Gasteiger partial charge < -0.3 is 9.64 Å². The fraction of sp³-hybridized carbons (Fsp3) is 0.278. The lowest BCUT2D eigenvalue weighted by Crippen LogP contribution is -2.27. The number of ether oxygens (including phenoxy) is 1. The molecular formula is C18H19BrClN5O2. The van der Waals surface area contributed by atoms with Crippen molar-refractivity contribution in [2.24, 2.45) is 7.05 Å². The predicted octanol–water partition coefficient (Wildman–Crippen LogP) is 3.65. The number of aryl methyl sites for hydroxylation is 2. The summed E-state index contributed by atoms with van der Waals surface area (Å²) in [7, 11) is 3.60. The molecule has 1 aromatic carbocycles. The lowest BCUT2D eigenvalue weighted by molar-refractivity contribution is 0.0777. The molecule has 142 valence electrons. The normalized spacial score (nSPS) is 10.9. The predicted molar refractivity (Wildman–Crippen MR) is 106 cm³/mol. The number of carbonyl (C=O) groups excluding carboxylic acids is 1. The van der Waals surface area contributed by atoms with Gasteiger partial charge in [-0.05, 0) is 31.2 Å². The quantitative estimate of drug-likeness (QED) is 0.573. The molecule has 0 unspecified atom stereocenters. The molecule has 0 fully saturated rings. The molecule has 2 heterocycles. The topological polar surface area (TPSA) is 65.2 Å². The Labute approximate surface area is 170 Å². The largest absolute Gasteiger partial charge is 0.470 e. The molecule has 0 atom stereocenters. The Balaban J connectivity index is 1.62. The highest BCUT2D eigenvalue weighted by molar-refractivity contribution is 9.10. The van der Waals surface area contributed by atoms with Crippen LogP contribution in [0.3, 0.4) is 0 Å². The molecule has 0 spiro atoms. The molecule has 3 rings (SSSR count). The average Bonchev–Trinajstić information content (AvgIpc) is 3.20. The van der Waals surface area contributed by atoms with Gasteiger partial charge in [0.05, 0.1) is 10.7 Å². The second-order valence-electron chi connectivity index (χ2n) is 6.16. The summed E-state index contributed by atoms with van der Waals surface area (Å²) in [6.45, 7) is 2.55. The molecule has 27 heavy (non-hydrogen) atoms. The van der Waals surface area contributed by atoms with Crippen molar-refractivity contribution in [3.05, 3.63) is 63.1 Å². The van der Waals surface area contributed by atoms with Crippen LogP contribution in [0.15, 0.2) is 41.1 Å². The van der Waals surface area contributed by atoms with Crippen LogP contribution in [0.1, 0.15) is 21.7 Å². The zero-order chi connectivity index (χ0) is 19.6. The lowest BCUT2D eigenvalue weighted by atomic mass is 10.2. The standard InChI is InChI=1S/C18H19BrClN5O2/c1-12-13(10-24(3)21-12)9-23(2)18(26)16-6-7-25(22-16)11-27-17-5-4-14(19)8-15(17)20/h4-8,10H,9,11H2,1-3H3. The fourth-order valence-electron chi connectivity index (χ4n) is 2.60. The minimum atomic E-state index is -0.168. The van der Waals surface area contributed by atoms with Crippen LogP contribution in [-0.2, 0) is 20.3 Å². The van der Waals surface area contributed by atoms with Crippen LogP contribution in [0.4, 0.5) is 0 Å². The van der Waals surface area contributed by atoms with Gasteiger partial charge in [0.15, 0.2) is 12.4 Å². The van der Waals surface area contributed by atoms with E-state index in [9.17, 15) is 4.79 Å². The van der Waals surface area contributed by atoms with Gasteiger partial charge in [-0.25, -0.2) is 4.68 Å². The molecule has 0 aliphatic rings. The van der Waals surface area contributed by atoms with Crippen molar-refractivity contribution in [1.82, 2.24) is 24.5 Å². The monoisotopic (exact) mass is 451 g/mol. The number of amides is 1. The van der Waals surface area contributed by atoms with Crippen LogP contribution in [0.5, 0.6) is 5.75 Å². The van der Waals surface area contributed by atoms with Gasteiger partial charge in [0.2, 0.25) is 0 Å². The molecule has 3 aromatic rings. The van der Waals surface area contributed by atoms with Crippen LogP contribution in [0.25, 0.3) is 0 Å². The van der Waals surface area contributed by atoms with Crippen LogP contribution >= 0.6 is 27.5 Å². The number of benzene rings is 1. The average molecular weight is 453 g/mol. The minimum absolute atomic E-state index is 0.153. The molecular weight excluding hydrogens is 434 g/mol. The van der Waals surface area contributed by atoms with Gasteiger partial charge >= 0.3 is 0 Å². The second kappa shape index (κ2) is 8.14. The molecule has 0 bridgehead atoms. The maximum Gasteiger partial charge on any atom is 0.274 e. The van der Waals surface area contributed by atoms with E-state index in [1.54, 1.807) is 45.7 Å². The molecule has 7 nitrogen and oxygen atoms in total. The Morgan fingerprint density at radius 3 is 2.78 bits per heavy atom. The smallest absolute Gasteiger partial charge is 0.274 e. The van der Waals surface area contributed by atoms with E-state index in [0.717, 1.165) is 15.7 Å². The second-order valence-corrected chi connectivity index (χ2v) is 7.49. The van der Waals surface area contributed by atoms with Gasteiger partial charge in [0, 0.05) is 43.1 Å². The summed E-state index contributed by atoms with van der Waals surface area (Å²) < 4.78 is 9.82. The molecule has 0 aliphatic heterocycles. The summed E-state index contributed by atoms with van der Waals surface area (Å²) in [4.78, 5) is 14.2. The minimum Gasteiger partial charge on any atom is -0.470 e. The summed E-state index contributed by atoms with van der Waals surface area (Å²) in [5.41, 5.74) is 2.26. The summed E-state index contributed by atoms with van der Waals surface area (Å²) in [5, 5.41) is 9.08. The van der Waals surface area contributed by atoms with Gasteiger partial charge in [0.25, 0.3) is 5.91 Å². The van der Waals surface area contributed by atoms with E-state index in [0.29, 0.717) is 23.0 Å². The van der Waals surface area contributed by atoms with E-state index >= 15 is 0 Å². The third-order valence-corrected chi connectivity index (χ3v) is 4.76. The van der Waals surface area contributed by atoms with Gasteiger partial charge in [-0.1, -0.05) is 27.5 Å². The number of hydrogen-bond acceptors (Lipinski definition) is 4. The summed E-state index contributed by atoms with van der Waals surface area (Å²) >= 11 is 9.48. The SMILES string of the molecule is Cc1nn(C)cc1CN(C)C(=O)c1ccn(COc2ccc(Br)cc2Cl)n1. The third-order valence-electron chi connectivity index (χ3n) is 3.98.